The maximum Gasteiger partial charge on any atom is 0.374 e. The van der Waals surface area contributed by atoms with Crippen molar-refractivity contribution in [3.8, 4) is 11.8 Å². The summed E-state index contributed by atoms with van der Waals surface area (Å²) in [6.07, 6.45) is 2.77. The van der Waals surface area contributed by atoms with Crippen LogP contribution in [0.3, 0.4) is 0 Å². The van der Waals surface area contributed by atoms with Gasteiger partial charge in [0.2, 0.25) is 11.7 Å². The van der Waals surface area contributed by atoms with Gasteiger partial charge in [-0.3, -0.25) is 9.59 Å². The first-order valence-corrected chi connectivity index (χ1v) is 12.5. The number of benzene rings is 2. The smallest absolute Gasteiger partial charge is 0.374 e. The second kappa shape index (κ2) is 12.7. The number of carboxylic acid groups (broad SMARTS) is 1. The number of nitrogens with zero attached hydrogens (tertiary/aromatic N) is 1. The van der Waals surface area contributed by atoms with Crippen molar-refractivity contribution in [1.29, 1.82) is 0 Å². The van der Waals surface area contributed by atoms with Crippen molar-refractivity contribution < 1.29 is 32.7 Å². The molecule has 0 radical (unpaired) electrons. The Morgan fingerprint density at radius 1 is 1.11 bits per heavy atom. The Labute approximate surface area is 220 Å². The molecule has 2 aliphatic heterocycles. The van der Waals surface area contributed by atoms with Crippen molar-refractivity contribution in [3.05, 3.63) is 71.5 Å². The van der Waals surface area contributed by atoms with Crippen molar-refractivity contribution in [2.45, 2.75) is 44.4 Å². The number of hydrogen-bond donors (Lipinski definition) is 2. The maximum atomic E-state index is 13.3. The standard InChI is InChI=1S/C26H27FN2O2.C3H4F2O2/c27-22-11-9-21(10-12-22)24-19-28-25(31)26(24)14-17-29(18-15-26)16-4-7-23(30)13-8-20-5-2-1-3-6-20;1-3(4,5)2(6)7/h1-3,5-6,9-12,24H,4,7,14-19H2,(H,28,31);1H3,(H,6,7)/t24-;/m1./s1. The van der Waals surface area contributed by atoms with E-state index in [1.807, 2.05) is 30.3 Å². The highest BCUT2D eigenvalue weighted by Crippen LogP contribution is 2.47. The third-order valence-electron chi connectivity index (χ3n) is 6.98. The van der Waals surface area contributed by atoms with E-state index in [2.05, 4.69) is 22.1 Å². The molecule has 1 spiro atoms. The number of halogens is 3. The molecule has 2 aromatic carbocycles. The molecule has 1 atom stereocenters. The second-order valence-corrected chi connectivity index (χ2v) is 9.65. The molecule has 0 aromatic heterocycles. The summed E-state index contributed by atoms with van der Waals surface area (Å²) in [6.45, 7) is 3.43. The van der Waals surface area contributed by atoms with Gasteiger partial charge < -0.3 is 15.3 Å². The van der Waals surface area contributed by atoms with Crippen molar-refractivity contribution in [3.63, 3.8) is 0 Å². The van der Waals surface area contributed by atoms with Gasteiger partial charge in [0.15, 0.2) is 0 Å². The van der Waals surface area contributed by atoms with Crippen LogP contribution < -0.4 is 5.32 Å². The van der Waals surface area contributed by atoms with Crippen molar-refractivity contribution in [1.82, 2.24) is 10.2 Å². The Balaban J connectivity index is 0.000000505. The molecule has 9 heteroatoms. The highest BCUT2D eigenvalue weighted by molar-refractivity contribution is 5.95. The van der Waals surface area contributed by atoms with Crippen LogP contribution in [-0.2, 0) is 14.4 Å². The monoisotopic (exact) mass is 528 g/mol. The zero-order valence-electron chi connectivity index (χ0n) is 21.2. The number of piperidine rings is 1. The average Bonchev–Trinajstić information content (AvgIpc) is 3.20. The Bertz CT molecular complexity index is 1180. The number of likely N-dealkylation sites (tertiary alicyclic amines) is 1. The van der Waals surface area contributed by atoms with E-state index in [4.69, 9.17) is 5.11 Å². The molecule has 2 saturated heterocycles. The topological polar surface area (TPSA) is 86.7 Å². The van der Waals surface area contributed by atoms with Gasteiger partial charge in [-0.15, -0.1) is 0 Å². The number of carbonyl (C=O) groups is 3. The molecule has 4 rings (SSSR count). The predicted molar refractivity (Wildman–Crippen MR) is 136 cm³/mol. The zero-order chi connectivity index (χ0) is 27.8. The Morgan fingerprint density at radius 2 is 1.71 bits per heavy atom. The third kappa shape index (κ3) is 7.68. The number of rotatable bonds is 6. The van der Waals surface area contributed by atoms with Crippen LogP contribution in [0.2, 0.25) is 0 Å². The number of nitrogens with one attached hydrogen (secondary N) is 1. The number of aliphatic carboxylic acids is 1. The van der Waals surface area contributed by atoms with Gasteiger partial charge in [0.1, 0.15) is 5.82 Å². The van der Waals surface area contributed by atoms with Crippen LogP contribution in [-0.4, -0.2) is 59.8 Å². The number of hydrogen-bond acceptors (Lipinski definition) is 4. The molecule has 2 N–H and O–H groups in total. The summed E-state index contributed by atoms with van der Waals surface area (Å²) in [5.74, 6) is -0.132. The number of Topliss-reactive ketones (excluding diaryl/α,β-unsaturated/α-hetero) is 1. The molecule has 0 bridgehead atoms. The summed E-state index contributed by atoms with van der Waals surface area (Å²) < 4.78 is 35.8. The fourth-order valence-corrected chi connectivity index (χ4v) is 4.80. The first-order valence-electron chi connectivity index (χ1n) is 12.5. The first-order chi connectivity index (χ1) is 18.0. The average molecular weight is 529 g/mol. The predicted octanol–water partition coefficient (Wildman–Crippen LogP) is 4.25. The second-order valence-electron chi connectivity index (χ2n) is 9.65. The summed E-state index contributed by atoms with van der Waals surface area (Å²) in [6, 6.07) is 16.1. The van der Waals surface area contributed by atoms with E-state index in [1.165, 1.54) is 12.1 Å². The lowest BCUT2D eigenvalue weighted by Gasteiger charge is -2.41. The van der Waals surface area contributed by atoms with Crippen LogP contribution in [0.25, 0.3) is 0 Å². The Kier molecular flexibility index (Phi) is 9.70. The van der Waals surface area contributed by atoms with Gasteiger partial charge >= 0.3 is 11.9 Å². The van der Waals surface area contributed by atoms with Crippen LogP contribution in [0, 0.1) is 23.1 Å². The van der Waals surface area contributed by atoms with E-state index < -0.39 is 17.3 Å². The van der Waals surface area contributed by atoms with E-state index >= 15 is 0 Å². The number of carboxylic acids is 1. The highest BCUT2D eigenvalue weighted by atomic mass is 19.3. The van der Waals surface area contributed by atoms with Crippen molar-refractivity contribution in [2.24, 2.45) is 5.41 Å². The Morgan fingerprint density at radius 3 is 2.29 bits per heavy atom. The van der Waals surface area contributed by atoms with Gasteiger partial charge in [-0.2, -0.15) is 8.78 Å². The minimum absolute atomic E-state index is 0.0381. The number of carbonyl (C=O) groups excluding carboxylic acids is 2. The van der Waals surface area contributed by atoms with E-state index in [0.29, 0.717) is 19.9 Å². The Hall–Kier alpha value is -3.64. The summed E-state index contributed by atoms with van der Waals surface area (Å²) >= 11 is 0. The van der Waals surface area contributed by atoms with Gasteiger partial charge in [-0.05, 0) is 74.6 Å². The molecule has 6 nitrogen and oxygen atoms in total. The van der Waals surface area contributed by atoms with E-state index in [1.54, 1.807) is 12.1 Å². The molecular weight excluding hydrogens is 497 g/mol. The van der Waals surface area contributed by atoms with Gasteiger partial charge in [0.05, 0.1) is 5.41 Å². The maximum absolute atomic E-state index is 13.3. The molecule has 0 unspecified atom stereocenters. The number of ketones is 1. The molecule has 2 heterocycles. The fourth-order valence-electron chi connectivity index (χ4n) is 4.80. The minimum atomic E-state index is -3.58. The molecule has 0 saturated carbocycles. The van der Waals surface area contributed by atoms with E-state index in [0.717, 1.165) is 50.0 Å². The molecule has 2 fully saturated rings. The quantitative estimate of drug-likeness (QED) is 0.548. The minimum Gasteiger partial charge on any atom is -0.477 e. The normalized spacial score (nSPS) is 18.5. The van der Waals surface area contributed by atoms with Crippen LogP contribution in [0.1, 0.15) is 49.7 Å². The van der Waals surface area contributed by atoms with Gasteiger partial charge in [-0.1, -0.05) is 36.3 Å². The molecule has 1 amide bonds. The summed E-state index contributed by atoms with van der Waals surface area (Å²) in [5.41, 5.74) is 1.46. The van der Waals surface area contributed by atoms with Crippen molar-refractivity contribution in [2.75, 3.05) is 26.2 Å². The van der Waals surface area contributed by atoms with Crippen molar-refractivity contribution >= 4 is 17.7 Å². The lowest BCUT2D eigenvalue weighted by Crippen LogP contribution is -2.46. The lowest BCUT2D eigenvalue weighted by atomic mass is 9.68. The molecule has 0 aliphatic carbocycles. The SMILES string of the molecule is CC(F)(F)C(=O)O.O=C(C#Cc1ccccc1)CCCN1CCC2(CC1)C(=O)NC[C@@H]2c1ccc(F)cc1. The summed E-state index contributed by atoms with van der Waals surface area (Å²) in [4.78, 5) is 36.4. The van der Waals surface area contributed by atoms with E-state index in [9.17, 15) is 27.6 Å². The summed E-state index contributed by atoms with van der Waals surface area (Å²) in [7, 11) is 0. The lowest BCUT2D eigenvalue weighted by molar-refractivity contribution is -0.161. The van der Waals surface area contributed by atoms with Crippen LogP contribution in [0.15, 0.2) is 54.6 Å². The molecule has 202 valence electrons. The number of alkyl halides is 2. The molecular formula is C29H31F3N2O4. The fraction of sp³-hybridized carbons (Fsp3) is 0.414. The summed E-state index contributed by atoms with van der Waals surface area (Å²) in [5, 5.41) is 10.5. The molecule has 2 aliphatic rings. The first kappa shape index (κ1) is 28.9. The highest BCUT2D eigenvalue weighted by Gasteiger charge is 2.51. The molecule has 2 aromatic rings. The van der Waals surface area contributed by atoms with E-state index in [-0.39, 0.29) is 23.4 Å². The van der Waals surface area contributed by atoms with Gasteiger partial charge in [0, 0.05) is 31.4 Å². The van der Waals surface area contributed by atoms with Crippen LogP contribution >= 0.6 is 0 Å². The molecule has 38 heavy (non-hydrogen) atoms. The van der Waals surface area contributed by atoms with Gasteiger partial charge in [-0.25, -0.2) is 9.18 Å². The zero-order valence-corrected chi connectivity index (χ0v) is 21.2. The van der Waals surface area contributed by atoms with Crippen LogP contribution in [0.5, 0.6) is 0 Å². The largest absolute Gasteiger partial charge is 0.477 e. The van der Waals surface area contributed by atoms with Gasteiger partial charge in [0.25, 0.3) is 0 Å². The van der Waals surface area contributed by atoms with Crippen LogP contribution in [0.4, 0.5) is 13.2 Å². The number of amides is 1. The third-order valence-corrected chi connectivity index (χ3v) is 6.98.